The Morgan fingerprint density at radius 3 is 1.53 bits per heavy atom. The van der Waals surface area contributed by atoms with Crippen molar-refractivity contribution in [2.75, 3.05) is 24.7 Å². The van der Waals surface area contributed by atoms with Crippen LogP contribution in [0.25, 0.3) is 0 Å². The van der Waals surface area contributed by atoms with Crippen LogP contribution in [0.2, 0.25) is 0 Å². The SMILES string of the molecule is C=C(C)C(=O)OCC1CSC(CCCCCCC2SCC(COC(=O)C(=C)C)S2)S1. The van der Waals surface area contributed by atoms with Crippen molar-refractivity contribution >= 4 is 59.0 Å². The van der Waals surface area contributed by atoms with E-state index in [0.717, 1.165) is 11.5 Å². The van der Waals surface area contributed by atoms with E-state index in [9.17, 15) is 9.59 Å². The molecule has 0 saturated carbocycles. The summed E-state index contributed by atoms with van der Waals surface area (Å²) in [5.74, 6) is 1.58. The Morgan fingerprint density at radius 1 is 0.767 bits per heavy atom. The molecule has 4 atom stereocenters. The predicted octanol–water partition coefficient (Wildman–Crippen LogP) is 5.92. The number of unbranched alkanes of at least 4 members (excludes halogenated alkanes) is 3. The molecule has 0 amide bonds. The molecule has 2 aliphatic heterocycles. The molecular weight excluding hydrogens is 457 g/mol. The molecule has 0 aliphatic carbocycles. The van der Waals surface area contributed by atoms with Gasteiger partial charge < -0.3 is 9.47 Å². The number of hydrogen-bond donors (Lipinski definition) is 0. The topological polar surface area (TPSA) is 52.6 Å². The average Bonchev–Trinajstić information content (AvgIpc) is 3.36. The summed E-state index contributed by atoms with van der Waals surface area (Å²) >= 11 is 7.94. The van der Waals surface area contributed by atoms with Crippen molar-refractivity contribution in [3.05, 3.63) is 24.3 Å². The smallest absolute Gasteiger partial charge is 0.333 e. The Bertz CT molecular complexity index is 558. The molecule has 2 rings (SSSR count). The lowest BCUT2D eigenvalue weighted by molar-refractivity contribution is -0.139. The van der Waals surface area contributed by atoms with Crippen molar-refractivity contribution in [1.29, 1.82) is 0 Å². The van der Waals surface area contributed by atoms with Crippen molar-refractivity contribution < 1.29 is 19.1 Å². The Morgan fingerprint density at radius 2 is 1.17 bits per heavy atom. The fraction of sp³-hybridized carbons (Fsp3) is 0.727. The maximum Gasteiger partial charge on any atom is 0.333 e. The number of carbonyl (C=O) groups is 2. The molecule has 0 aromatic carbocycles. The van der Waals surface area contributed by atoms with Gasteiger partial charge in [-0.1, -0.05) is 38.8 Å². The zero-order valence-electron chi connectivity index (χ0n) is 18.1. The summed E-state index contributed by atoms with van der Waals surface area (Å²) in [5.41, 5.74) is 0.941. The molecule has 30 heavy (non-hydrogen) atoms. The second-order valence-electron chi connectivity index (χ2n) is 7.79. The molecule has 2 fully saturated rings. The summed E-state index contributed by atoms with van der Waals surface area (Å²) in [6.07, 6.45) is 7.59. The quantitative estimate of drug-likeness (QED) is 0.179. The van der Waals surface area contributed by atoms with E-state index in [2.05, 4.69) is 13.2 Å². The van der Waals surface area contributed by atoms with Crippen molar-refractivity contribution in [2.45, 2.75) is 72.0 Å². The van der Waals surface area contributed by atoms with Gasteiger partial charge in [-0.3, -0.25) is 0 Å². The molecule has 170 valence electrons. The Kier molecular flexibility index (Phi) is 12.2. The number of thioether (sulfide) groups is 4. The Labute approximate surface area is 198 Å². The van der Waals surface area contributed by atoms with Crippen molar-refractivity contribution in [1.82, 2.24) is 0 Å². The minimum Gasteiger partial charge on any atom is -0.461 e. The van der Waals surface area contributed by atoms with E-state index in [1.807, 2.05) is 47.0 Å². The second kappa shape index (κ2) is 14.1. The van der Waals surface area contributed by atoms with E-state index < -0.39 is 0 Å². The first-order valence-corrected chi connectivity index (χ1v) is 14.5. The van der Waals surface area contributed by atoms with E-state index in [1.54, 1.807) is 13.8 Å². The molecule has 4 unspecified atom stereocenters. The van der Waals surface area contributed by atoms with Crippen LogP contribution in [0.15, 0.2) is 24.3 Å². The highest BCUT2D eigenvalue weighted by molar-refractivity contribution is 8.20. The molecule has 8 heteroatoms. The van der Waals surface area contributed by atoms with Crippen molar-refractivity contribution in [2.24, 2.45) is 0 Å². The van der Waals surface area contributed by atoms with Crippen molar-refractivity contribution in [3.8, 4) is 0 Å². The van der Waals surface area contributed by atoms with Crippen LogP contribution in [0.1, 0.15) is 52.4 Å². The van der Waals surface area contributed by atoms with Gasteiger partial charge in [0.25, 0.3) is 0 Å². The van der Waals surface area contributed by atoms with E-state index in [0.29, 0.717) is 44.0 Å². The molecule has 0 bridgehead atoms. The highest BCUT2D eigenvalue weighted by atomic mass is 32.2. The molecule has 2 saturated heterocycles. The number of ether oxygens (including phenoxy) is 2. The molecule has 0 N–H and O–H groups in total. The summed E-state index contributed by atoms with van der Waals surface area (Å²) in [7, 11) is 0. The molecule has 4 nitrogen and oxygen atoms in total. The van der Waals surface area contributed by atoms with Gasteiger partial charge >= 0.3 is 11.9 Å². The summed E-state index contributed by atoms with van der Waals surface area (Å²) in [4.78, 5) is 23.0. The van der Waals surface area contributed by atoms with Gasteiger partial charge in [0, 0.05) is 33.2 Å². The third-order valence-electron chi connectivity index (χ3n) is 4.75. The molecule has 0 spiro atoms. The zero-order chi connectivity index (χ0) is 21.9. The summed E-state index contributed by atoms with van der Waals surface area (Å²) in [6, 6.07) is 0. The maximum absolute atomic E-state index is 11.5. The summed E-state index contributed by atoms with van der Waals surface area (Å²) < 4.78 is 11.8. The zero-order valence-corrected chi connectivity index (χ0v) is 21.3. The first-order chi connectivity index (χ1) is 14.3. The van der Waals surface area contributed by atoms with E-state index in [1.165, 1.54) is 38.5 Å². The highest BCUT2D eigenvalue weighted by Gasteiger charge is 2.28. The fourth-order valence-corrected chi connectivity index (χ4v) is 9.67. The summed E-state index contributed by atoms with van der Waals surface area (Å²) in [5, 5.41) is 0.838. The van der Waals surface area contributed by atoms with Gasteiger partial charge in [0.15, 0.2) is 0 Å². The Hall–Kier alpha value is -0.180. The third-order valence-corrected chi connectivity index (χ3v) is 11.5. The van der Waals surface area contributed by atoms with Crippen LogP contribution in [-0.2, 0) is 19.1 Å². The number of hydrogen-bond acceptors (Lipinski definition) is 8. The minimum atomic E-state index is -0.276. The summed E-state index contributed by atoms with van der Waals surface area (Å²) in [6.45, 7) is 11.6. The number of carbonyl (C=O) groups excluding carboxylic acids is 2. The van der Waals surface area contributed by atoms with Crippen LogP contribution in [0, 0.1) is 0 Å². The van der Waals surface area contributed by atoms with Gasteiger partial charge in [-0.05, 0) is 26.7 Å². The van der Waals surface area contributed by atoms with Crippen LogP contribution in [0.5, 0.6) is 0 Å². The first-order valence-electron chi connectivity index (χ1n) is 10.5. The fourth-order valence-electron chi connectivity index (χ4n) is 3.05. The molecule has 0 aromatic heterocycles. The molecular formula is C22H34O4S4. The van der Waals surface area contributed by atoms with Gasteiger partial charge in [0.1, 0.15) is 13.2 Å². The third kappa shape index (κ3) is 9.96. The molecule has 2 aliphatic rings. The largest absolute Gasteiger partial charge is 0.461 e. The molecule has 0 radical (unpaired) electrons. The number of rotatable bonds is 13. The van der Waals surface area contributed by atoms with E-state index in [-0.39, 0.29) is 11.9 Å². The average molecular weight is 491 g/mol. The lowest BCUT2D eigenvalue weighted by Crippen LogP contribution is -2.16. The molecule has 0 aromatic rings. The number of esters is 2. The van der Waals surface area contributed by atoms with E-state index >= 15 is 0 Å². The van der Waals surface area contributed by atoms with Gasteiger partial charge in [0.2, 0.25) is 0 Å². The van der Waals surface area contributed by atoms with Crippen molar-refractivity contribution in [3.63, 3.8) is 0 Å². The van der Waals surface area contributed by atoms with Gasteiger partial charge in [0.05, 0.1) is 9.16 Å². The maximum atomic E-state index is 11.5. The lowest BCUT2D eigenvalue weighted by atomic mass is 10.1. The second-order valence-corrected chi connectivity index (χ2v) is 13.9. The molecule has 2 heterocycles. The highest BCUT2D eigenvalue weighted by Crippen LogP contribution is 2.42. The minimum absolute atomic E-state index is 0.276. The van der Waals surface area contributed by atoms with E-state index in [4.69, 9.17) is 9.47 Å². The first kappa shape index (κ1) is 26.1. The van der Waals surface area contributed by atoms with Crippen LogP contribution in [-0.4, -0.2) is 56.3 Å². The van der Waals surface area contributed by atoms with Gasteiger partial charge in [-0.25, -0.2) is 9.59 Å². The van der Waals surface area contributed by atoms with Crippen LogP contribution in [0.4, 0.5) is 0 Å². The van der Waals surface area contributed by atoms with Crippen LogP contribution in [0.3, 0.4) is 0 Å². The van der Waals surface area contributed by atoms with Crippen LogP contribution >= 0.6 is 47.0 Å². The lowest BCUT2D eigenvalue weighted by Gasteiger charge is -2.12. The predicted molar refractivity (Wildman–Crippen MR) is 134 cm³/mol. The van der Waals surface area contributed by atoms with Crippen LogP contribution < -0.4 is 0 Å². The van der Waals surface area contributed by atoms with Gasteiger partial charge in [-0.2, -0.15) is 0 Å². The normalized spacial score (nSPS) is 25.8. The monoisotopic (exact) mass is 490 g/mol. The van der Waals surface area contributed by atoms with Gasteiger partial charge in [-0.15, -0.1) is 47.0 Å². The Balaban J connectivity index is 1.44. The standard InChI is InChI=1S/C22H34O4S4/c1-15(2)21(23)25-11-17-13-27-19(29-17)9-7-5-6-8-10-20-28-14-18(30-20)12-26-22(24)16(3)4/h17-20H,1,3,5-14H2,2,4H3.